The van der Waals surface area contributed by atoms with E-state index in [0.717, 1.165) is 51.8 Å². The van der Waals surface area contributed by atoms with Crippen molar-refractivity contribution in [1.82, 2.24) is 4.90 Å². The summed E-state index contributed by atoms with van der Waals surface area (Å²) in [5.41, 5.74) is 1.87. The summed E-state index contributed by atoms with van der Waals surface area (Å²) < 4.78 is 6.84. The van der Waals surface area contributed by atoms with Crippen LogP contribution in [0.4, 0.5) is 17.1 Å². The van der Waals surface area contributed by atoms with E-state index in [0.29, 0.717) is 12.1 Å². The van der Waals surface area contributed by atoms with Crippen molar-refractivity contribution in [2.24, 2.45) is 11.8 Å². The van der Waals surface area contributed by atoms with Crippen molar-refractivity contribution < 1.29 is 29.3 Å². The molecule has 0 aliphatic carbocycles. The smallest absolute Gasteiger partial charge is 0.264 e. The number of likely N-dealkylation sites (tertiary alicyclic amines) is 1. The Balaban J connectivity index is 1.12. The molecule has 252 valence electrons. The second-order valence-corrected chi connectivity index (χ2v) is 14.5. The van der Waals surface area contributed by atoms with Crippen molar-refractivity contribution in [2.45, 2.75) is 69.9 Å². The highest BCUT2D eigenvalue weighted by molar-refractivity contribution is 6.27. The molecule has 8 rings (SSSR count). The van der Waals surface area contributed by atoms with Gasteiger partial charge in [0.2, 0.25) is 5.91 Å². The quantitative estimate of drug-likeness (QED) is 0.265. The zero-order chi connectivity index (χ0) is 34.2. The SMILES string of the molecule is C[C@H]1[C@H](C(C)(C)O)[C@@H](CC(=O)N2CCC[C@H]2CO)O[C@]12C(=O)N(Cc1cccc(N3C(=O)c4cccc5cccc3c45)c1)c1ccccc12. The molecule has 4 aromatic rings. The Bertz CT molecular complexity index is 2000. The zero-order valence-corrected chi connectivity index (χ0v) is 28.0. The number of ether oxygens (including phenoxy) is 1. The summed E-state index contributed by atoms with van der Waals surface area (Å²) in [6.45, 7) is 6.09. The van der Waals surface area contributed by atoms with Gasteiger partial charge in [0.1, 0.15) is 0 Å². The van der Waals surface area contributed by atoms with Crippen LogP contribution in [0, 0.1) is 11.8 Å². The van der Waals surface area contributed by atoms with Crippen molar-refractivity contribution in [3.05, 3.63) is 102 Å². The van der Waals surface area contributed by atoms with Crippen molar-refractivity contribution in [3.63, 3.8) is 0 Å². The molecular formula is C40H41N3O6. The third-order valence-corrected chi connectivity index (χ3v) is 11.2. The fourth-order valence-electron chi connectivity index (χ4n) is 9.18. The summed E-state index contributed by atoms with van der Waals surface area (Å²) >= 11 is 0. The number of hydrogen-bond acceptors (Lipinski definition) is 6. The van der Waals surface area contributed by atoms with E-state index in [-0.39, 0.29) is 43.3 Å². The Morgan fingerprint density at radius 1 is 0.980 bits per heavy atom. The number of hydrogen-bond donors (Lipinski definition) is 2. The van der Waals surface area contributed by atoms with E-state index in [9.17, 15) is 24.6 Å². The molecule has 4 aromatic carbocycles. The first-order valence-corrected chi connectivity index (χ1v) is 17.2. The van der Waals surface area contributed by atoms with E-state index in [1.54, 1.807) is 28.5 Å². The molecule has 0 radical (unpaired) electrons. The summed E-state index contributed by atoms with van der Waals surface area (Å²) in [5.74, 6) is -1.43. The first-order chi connectivity index (χ1) is 23.5. The molecular weight excluding hydrogens is 618 g/mol. The number of anilines is 3. The van der Waals surface area contributed by atoms with E-state index >= 15 is 0 Å². The van der Waals surface area contributed by atoms with Crippen LogP contribution in [0.1, 0.15) is 61.5 Å². The lowest BCUT2D eigenvalue weighted by Gasteiger charge is -2.34. The highest BCUT2D eigenvalue weighted by Gasteiger charge is 2.66. The molecule has 0 aromatic heterocycles. The molecule has 2 N–H and O–H groups in total. The van der Waals surface area contributed by atoms with Crippen LogP contribution in [0.5, 0.6) is 0 Å². The van der Waals surface area contributed by atoms with Crippen LogP contribution in [0.2, 0.25) is 0 Å². The first-order valence-electron chi connectivity index (χ1n) is 17.2. The van der Waals surface area contributed by atoms with Crippen LogP contribution in [0.15, 0.2) is 84.9 Å². The average Bonchev–Trinajstić information content (AvgIpc) is 3.81. The minimum absolute atomic E-state index is 0.00768. The highest BCUT2D eigenvalue weighted by Crippen LogP contribution is 2.58. The summed E-state index contributed by atoms with van der Waals surface area (Å²) in [4.78, 5) is 47.3. The Labute approximate surface area is 285 Å². The summed E-state index contributed by atoms with van der Waals surface area (Å²) in [5, 5.41) is 23.3. The standard InChI is InChI=1S/C40H41N3O6/c1-24-36(39(2,3)48)33(21-34(45)41-19-9-14-28(41)23-44)49-40(24)30-16-4-5-17-31(30)42(38(40)47)22-25-10-6-13-27(20-25)43-32-18-8-12-26-11-7-15-29(35(26)32)37(43)46/h4-8,10-13,15-18,20,24,28,33,36,44,48H,9,14,19,21-23H2,1-3H3/t24-,28-,33+,36-,40+/m0/s1. The highest BCUT2D eigenvalue weighted by atomic mass is 16.5. The summed E-state index contributed by atoms with van der Waals surface area (Å²) in [6, 6.07) is 26.8. The predicted molar refractivity (Wildman–Crippen MR) is 186 cm³/mol. The molecule has 1 spiro atoms. The van der Waals surface area contributed by atoms with E-state index < -0.39 is 29.1 Å². The van der Waals surface area contributed by atoms with Gasteiger partial charge in [-0.1, -0.05) is 61.5 Å². The number of rotatable bonds is 7. The number of nitrogens with zero attached hydrogens (tertiary/aromatic N) is 3. The maximum absolute atomic E-state index is 14.9. The van der Waals surface area contributed by atoms with Crippen LogP contribution in [-0.2, 0) is 26.5 Å². The Kier molecular flexibility index (Phi) is 7.44. The maximum atomic E-state index is 14.9. The lowest BCUT2D eigenvalue weighted by atomic mass is 9.71. The van der Waals surface area contributed by atoms with Gasteiger partial charge in [-0.2, -0.15) is 0 Å². The van der Waals surface area contributed by atoms with E-state index in [4.69, 9.17) is 4.74 Å². The molecule has 9 heteroatoms. The Hall–Kier alpha value is -4.57. The maximum Gasteiger partial charge on any atom is 0.264 e. The van der Waals surface area contributed by atoms with Crippen LogP contribution in [0.25, 0.3) is 10.8 Å². The van der Waals surface area contributed by atoms with Gasteiger partial charge in [0.15, 0.2) is 5.60 Å². The normalized spacial score (nSPS) is 26.1. The number of benzene rings is 4. The van der Waals surface area contributed by atoms with Crippen molar-refractivity contribution in [2.75, 3.05) is 23.0 Å². The average molecular weight is 660 g/mol. The van der Waals surface area contributed by atoms with Crippen LogP contribution >= 0.6 is 0 Å². The topological polar surface area (TPSA) is 111 Å². The lowest BCUT2D eigenvalue weighted by Crippen LogP contribution is -2.46. The van der Waals surface area contributed by atoms with Crippen LogP contribution < -0.4 is 9.80 Å². The third kappa shape index (κ3) is 4.74. The molecule has 49 heavy (non-hydrogen) atoms. The number of aliphatic hydroxyl groups is 2. The molecule has 4 heterocycles. The van der Waals surface area contributed by atoms with Gasteiger partial charge in [-0.25, -0.2) is 0 Å². The van der Waals surface area contributed by atoms with Gasteiger partial charge >= 0.3 is 0 Å². The van der Waals surface area contributed by atoms with Gasteiger partial charge in [-0.15, -0.1) is 0 Å². The number of aliphatic hydroxyl groups excluding tert-OH is 1. The fourth-order valence-corrected chi connectivity index (χ4v) is 9.18. The predicted octanol–water partition coefficient (Wildman–Crippen LogP) is 5.67. The first kappa shape index (κ1) is 31.7. The number of fused-ring (bicyclic) bond motifs is 2. The fraction of sp³-hybridized carbons (Fsp3) is 0.375. The molecule has 0 saturated carbocycles. The molecule has 9 nitrogen and oxygen atoms in total. The van der Waals surface area contributed by atoms with Gasteiger partial charge in [-0.3, -0.25) is 19.3 Å². The Morgan fingerprint density at radius 2 is 1.71 bits per heavy atom. The van der Waals surface area contributed by atoms with Gasteiger partial charge in [-0.05, 0) is 68.0 Å². The van der Waals surface area contributed by atoms with Gasteiger partial charge in [0.05, 0.1) is 54.3 Å². The molecule has 5 atom stereocenters. The number of amides is 3. The minimum atomic E-state index is -1.40. The molecule has 0 bridgehead atoms. The van der Waals surface area contributed by atoms with E-state index in [2.05, 4.69) is 0 Å². The molecule has 4 aliphatic rings. The van der Waals surface area contributed by atoms with Crippen LogP contribution in [-0.4, -0.2) is 63.7 Å². The minimum Gasteiger partial charge on any atom is -0.394 e. The monoisotopic (exact) mass is 659 g/mol. The van der Waals surface area contributed by atoms with Crippen LogP contribution in [0.3, 0.4) is 0 Å². The number of para-hydroxylation sites is 1. The Morgan fingerprint density at radius 3 is 2.49 bits per heavy atom. The third-order valence-electron chi connectivity index (χ3n) is 11.2. The van der Waals surface area contributed by atoms with Crippen molar-refractivity contribution in [1.29, 1.82) is 0 Å². The molecule has 2 fully saturated rings. The number of carbonyl (C=O) groups excluding carboxylic acids is 3. The summed E-state index contributed by atoms with van der Waals surface area (Å²) in [6.07, 6.45) is 0.870. The van der Waals surface area contributed by atoms with E-state index in [1.807, 2.05) is 91.9 Å². The largest absolute Gasteiger partial charge is 0.394 e. The van der Waals surface area contributed by atoms with E-state index in [1.165, 1.54) is 0 Å². The van der Waals surface area contributed by atoms with Gasteiger partial charge < -0.3 is 24.7 Å². The second kappa shape index (κ2) is 11.5. The zero-order valence-electron chi connectivity index (χ0n) is 28.0. The molecule has 0 unspecified atom stereocenters. The van der Waals surface area contributed by atoms with Crippen molar-refractivity contribution >= 4 is 45.6 Å². The molecule has 4 aliphatic heterocycles. The molecule has 3 amide bonds. The second-order valence-electron chi connectivity index (χ2n) is 14.5. The molecule has 2 saturated heterocycles. The van der Waals surface area contributed by atoms with Gasteiger partial charge in [0, 0.05) is 35.0 Å². The van der Waals surface area contributed by atoms with Crippen molar-refractivity contribution in [3.8, 4) is 0 Å². The summed E-state index contributed by atoms with van der Waals surface area (Å²) in [7, 11) is 0. The number of carbonyl (C=O) groups is 3. The van der Waals surface area contributed by atoms with Gasteiger partial charge in [0.25, 0.3) is 11.8 Å². The lowest BCUT2D eigenvalue weighted by molar-refractivity contribution is -0.150.